The van der Waals surface area contributed by atoms with E-state index < -0.39 is 0 Å². The monoisotopic (exact) mass is 285 g/mol. The summed E-state index contributed by atoms with van der Waals surface area (Å²) in [5.74, 6) is 0.887. The number of ether oxygens (including phenoxy) is 2. The zero-order valence-corrected chi connectivity index (χ0v) is 12.9. The molecule has 0 saturated heterocycles. The van der Waals surface area contributed by atoms with Crippen molar-refractivity contribution < 1.29 is 9.47 Å². The molecule has 112 valence electrons. The molecular formula is C18H23NO2. The quantitative estimate of drug-likeness (QED) is 0.841. The van der Waals surface area contributed by atoms with Gasteiger partial charge in [-0.05, 0) is 35.7 Å². The topological polar surface area (TPSA) is 30.5 Å². The van der Waals surface area contributed by atoms with Gasteiger partial charge in [0.15, 0.2) is 0 Å². The van der Waals surface area contributed by atoms with Crippen LogP contribution in [-0.2, 0) is 17.9 Å². The molecule has 0 radical (unpaired) electrons. The Balaban J connectivity index is 1.93. The Morgan fingerprint density at radius 3 is 2.38 bits per heavy atom. The van der Waals surface area contributed by atoms with Crippen LogP contribution in [0.15, 0.2) is 48.5 Å². The molecule has 2 rings (SSSR count). The van der Waals surface area contributed by atoms with Crippen molar-refractivity contribution in [3.8, 4) is 5.75 Å². The van der Waals surface area contributed by atoms with E-state index >= 15 is 0 Å². The van der Waals surface area contributed by atoms with E-state index in [1.165, 1.54) is 16.7 Å². The standard InChI is InChI=1S/C18H23NO2/c1-14(17-7-9-18(21-3)10-8-17)19-12-15-5-4-6-16(11-15)13-20-2/h4-11,14,19H,12-13H2,1-3H3. The predicted molar refractivity (Wildman–Crippen MR) is 85.4 cm³/mol. The van der Waals surface area contributed by atoms with Crippen LogP contribution in [0.3, 0.4) is 0 Å². The third kappa shape index (κ3) is 4.59. The van der Waals surface area contributed by atoms with E-state index in [4.69, 9.17) is 9.47 Å². The zero-order valence-electron chi connectivity index (χ0n) is 12.9. The van der Waals surface area contributed by atoms with Gasteiger partial charge in [-0.2, -0.15) is 0 Å². The van der Waals surface area contributed by atoms with E-state index in [0.717, 1.165) is 12.3 Å². The first-order valence-electron chi connectivity index (χ1n) is 7.17. The van der Waals surface area contributed by atoms with Crippen molar-refractivity contribution in [1.82, 2.24) is 5.32 Å². The molecule has 0 aliphatic carbocycles. The number of rotatable bonds is 7. The number of nitrogens with one attached hydrogen (secondary N) is 1. The molecule has 0 fully saturated rings. The molecule has 0 heterocycles. The summed E-state index contributed by atoms with van der Waals surface area (Å²) in [5, 5.41) is 3.54. The molecule has 0 aliphatic rings. The lowest BCUT2D eigenvalue weighted by atomic mass is 10.1. The summed E-state index contributed by atoms with van der Waals surface area (Å²) >= 11 is 0. The lowest BCUT2D eigenvalue weighted by molar-refractivity contribution is 0.185. The Hall–Kier alpha value is -1.84. The Bertz CT molecular complexity index is 551. The van der Waals surface area contributed by atoms with E-state index in [0.29, 0.717) is 12.6 Å². The van der Waals surface area contributed by atoms with E-state index in [-0.39, 0.29) is 0 Å². The minimum absolute atomic E-state index is 0.294. The van der Waals surface area contributed by atoms with E-state index in [1.54, 1.807) is 14.2 Å². The zero-order chi connectivity index (χ0) is 15.1. The molecule has 2 aromatic rings. The summed E-state index contributed by atoms with van der Waals surface area (Å²) < 4.78 is 10.3. The van der Waals surface area contributed by atoms with Crippen molar-refractivity contribution in [2.75, 3.05) is 14.2 Å². The molecule has 0 bridgehead atoms. The average Bonchev–Trinajstić information content (AvgIpc) is 2.53. The first kappa shape index (κ1) is 15.5. The highest BCUT2D eigenvalue weighted by atomic mass is 16.5. The summed E-state index contributed by atoms with van der Waals surface area (Å²) in [5.41, 5.74) is 3.72. The minimum Gasteiger partial charge on any atom is -0.497 e. The largest absolute Gasteiger partial charge is 0.497 e. The van der Waals surface area contributed by atoms with Crippen LogP contribution in [0, 0.1) is 0 Å². The predicted octanol–water partition coefficient (Wildman–Crippen LogP) is 3.69. The summed E-state index contributed by atoms with van der Waals surface area (Å²) in [4.78, 5) is 0. The van der Waals surface area contributed by atoms with Crippen LogP contribution in [0.1, 0.15) is 29.7 Å². The Labute approximate surface area is 126 Å². The summed E-state index contributed by atoms with van der Waals surface area (Å²) in [7, 11) is 3.40. The van der Waals surface area contributed by atoms with E-state index in [2.05, 4.69) is 48.6 Å². The van der Waals surface area contributed by atoms with Gasteiger partial charge >= 0.3 is 0 Å². The van der Waals surface area contributed by atoms with Crippen molar-refractivity contribution in [1.29, 1.82) is 0 Å². The molecule has 0 amide bonds. The van der Waals surface area contributed by atoms with Gasteiger partial charge in [-0.15, -0.1) is 0 Å². The van der Waals surface area contributed by atoms with Gasteiger partial charge in [0.25, 0.3) is 0 Å². The van der Waals surface area contributed by atoms with Gasteiger partial charge < -0.3 is 14.8 Å². The summed E-state index contributed by atoms with van der Waals surface area (Å²) in [6.45, 7) is 3.66. The molecule has 2 aromatic carbocycles. The number of benzene rings is 2. The average molecular weight is 285 g/mol. The lowest BCUT2D eigenvalue weighted by Crippen LogP contribution is -2.18. The maximum absolute atomic E-state index is 5.18. The van der Waals surface area contributed by atoms with Crippen LogP contribution < -0.4 is 10.1 Å². The molecule has 3 nitrogen and oxygen atoms in total. The van der Waals surface area contributed by atoms with Crippen molar-refractivity contribution in [2.45, 2.75) is 26.1 Å². The Morgan fingerprint density at radius 1 is 1.00 bits per heavy atom. The SMILES string of the molecule is COCc1cccc(CNC(C)c2ccc(OC)cc2)c1. The number of hydrogen-bond acceptors (Lipinski definition) is 3. The van der Waals surface area contributed by atoms with Gasteiger partial charge in [0.05, 0.1) is 13.7 Å². The van der Waals surface area contributed by atoms with Crippen molar-refractivity contribution in [3.63, 3.8) is 0 Å². The van der Waals surface area contributed by atoms with Crippen LogP contribution in [0.2, 0.25) is 0 Å². The second-order valence-electron chi connectivity index (χ2n) is 5.13. The number of methoxy groups -OCH3 is 2. The molecular weight excluding hydrogens is 262 g/mol. The van der Waals surface area contributed by atoms with Crippen molar-refractivity contribution in [3.05, 3.63) is 65.2 Å². The molecule has 0 aromatic heterocycles. The van der Waals surface area contributed by atoms with Crippen LogP contribution in [0.25, 0.3) is 0 Å². The summed E-state index contributed by atoms with van der Waals surface area (Å²) in [6.07, 6.45) is 0. The normalized spacial score (nSPS) is 12.1. The first-order valence-corrected chi connectivity index (χ1v) is 7.17. The van der Waals surface area contributed by atoms with Crippen molar-refractivity contribution in [2.24, 2.45) is 0 Å². The van der Waals surface area contributed by atoms with Gasteiger partial charge in [-0.3, -0.25) is 0 Å². The van der Waals surface area contributed by atoms with E-state index in [1.807, 2.05) is 12.1 Å². The molecule has 1 atom stereocenters. The maximum atomic E-state index is 5.18. The van der Waals surface area contributed by atoms with Crippen LogP contribution in [-0.4, -0.2) is 14.2 Å². The van der Waals surface area contributed by atoms with Crippen molar-refractivity contribution >= 4 is 0 Å². The minimum atomic E-state index is 0.294. The molecule has 21 heavy (non-hydrogen) atoms. The highest BCUT2D eigenvalue weighted by Gasteiger charge is 2.05. The lowest BCUT2D eigenvalue weighted by Gasteiger charge is -2.15. The molecule has 1 unspecified atom stereocenters. The molecule has 3 heteroatoms. The third-order valence-corrected chi connectivity index (χ3v) is 3.53. The Kier molecular flexibility index (Phi) is 5.78. The second kappa shape index (κ2) is 7.81. The maximum Gasteiger partial charge on any atom is 0.118 e. The smallest absolute Gasteiger partial charge is 0.118 e. The van der Waals surface area contributed by atoms with Crippen LogP contribution >= 0.6 is 0 Å². The highest BCUT2D eigenvalue weighted by molar-refractivity contribution is 5.29. The van der Waals surface area contributed by atoms with Gasteiger partial charge in [0.2, 0.25) is 0 Å². The third-order valence-electron chi connectivity index (χ3n) is 3.53. The fourth-order valence-corrected chi connectivity index (χ4v) is 2.28. The fourth-order valence-electron chi connectivity index (χ4n) is 2.28. The van der Waals surface area contributed by atoms with Crippen LogP contribution in [0.5, 0.6) is 5.75 Å². The van der Waals surface area contributed by atoms with E-state index in [9.17, 15) is 0 Å². The summed E-state index contributed by atoms with van der Waals surface area (Å²) in [6, 6.07) is 16.9. The highest BCUT2D eigenvalue weighted by Crippen LogP contribution is 2.18. The first-order chi connectivity index (χ1) is 10.2. The fraction of sp³-hybridized carbons (Fsp3) is 0.333. The second-order valence-corrected chi connectivity index (χ2v) is 5.13. The van der Waals surface area contributed by atoms with Gasteiger partial charge in [-0.1, -0.05) is 36.4 Å². The van der Waals surface area contributed by atoms with Gasteiger partial charge in [0.1, 0.15) is 5.75 Å². The molecule has 0 spiro atoms. The molecule has 0 aliphatic heterocycles. The molecule has 0 saturated carbocycles. The number of hydrogen-bond donors (Lipinski definition) is 1. The Morgan fingerprint density at radius 2 is 1.71 bits per heavy atom. The molecule has 1 N–H and O–H groups in total. The van der Waals surface area contributed by atoms with Crippen LogP contribution in [0.4, 0.5) is 0 Å². The van der Waals surface area contributed by atoms with Gasteiger partial charge in [-0.25, -0.2) is 0 Å². The van der Waals surface area contributed by atoms with Gasteiger partial charge in [0, 0.05) is 19.7 Å².